The Bertz CT molecular complexity index is 701. The van der Waals surface area contributed by atoms with Crippen molar-refractivity contribution in [3.05, 3.63) is 64.7 Å². The Hall–Kier alpha value is -2.43. The molecule has 0 aliphatic rings. The molecule has 1 atom stereocenters. The van der Waals surface area contributed by atoms with Crippen molar-refractivity contribution in [2.45, 2.75) is 26.8 Å². The summed E-state index contributed by atoms with van der Waals surface area (Å²) < 4.78 is 26.6. The predicted molar refractivity (Wildman–Crippen MR) is 82.8 cm³/mol. The first-order valence-corrected chi connectivity index (χ1v) is 6.96. The average Bonchev–Trinajstić information content (AvgIpc) is 2.41. The Morgan fingerprint density at radius 3 is 2.45 bits per heavy atom. The van der Waals surface area contributed by atoms with E-state index in [0.29, 0.717) is 5.69 Å². The molecule has 2 aromatic rings. The van der Waals surface area contributed by atoms with Gasteiger partial charge in [-0.25, -0.2) is 13.6 Å². The fraction of sp³-hybridized carbons (Fsp3) is 0.235. The molecule has 2 aromatic carbocycles. The van der Waals surface area contributed by atoms with Gasteiger partial charge in [-0.1, -0.05) is 23.8 Å². The van der Waals surface area contributed by atoms with Crippen LogP contribution in [0.1, 0.15) is 29.7 Å². The van der Waals surface area contributed by atoms with Crippen molar-refractivity contribution < 1.29 is 13.6 Å². The lowest BCUT2D eigenvalue weighted by Gasteiger charge is -2.16. The minimum absolute atomic E-state index is 0.233. The Morgan fingerprint density at radius 2 is 1.82 bits per heavy atom. The molecule has 0 fully saturated rings. The van der Waals surface area contributed by atoms with Crippen molar-refractivity contribution in [2.24, 2.45) is 0 Å². The van der Waals surface area contributed by atoms with E-state index in [1.165, 1.54) is 12.1 Å². The maximum atomic E-state index is 13.7. The summed E-state index contributed by atoms with van der Waals surface area (Å²) in [7, 11) is 0. The molecule has 0 aliphatic carbocycles. The molecule has 0 bridgehead atoms. The first kappa shape index (κ1) is 15.9. The molecule has 0 radical (unpaired) electrons. The van der Waals surface area contributed by atoms with Crippen LogP contribution >= 0.6 is 0 Å². The van der Waals surface area contributed by atoms with Crippen molar-refractivity contribution in [3.63, 3.8) is 0 Å². The van der Waals surface area contributed by atoms with E-state index in [-0.39, 0.29) is 5.56 Å². The van der Waals surface area contributed by atoms with Gasteiger partial charge in [-0.15, -0.1) is 0 Å². The highest BCUT2D eigenvalue weighted by Gasteiger charge is 2.14. The fourth-order valence-electron chi connectivity index (χ4n) is 2.24. The van der Waals surface area contributed by atoms with Crippen LogP contribution in [0.5, 0.6) is 0 Å². The van der Waals surface area contributed by atoms with Crippen LogP contribution in [0.2, 0.25) is 0 Å². The molecule has 116 valence electrons. The highest BCUT2D eigenvalue weighted by molar-refractivity contribution is 5.90. The molecule has 22 heavy (non-hydrogen) atoms. The van der Waals surface area contributed by atoms with Crippen molar-refractivity contribution in [3.8, 4) is 0 Å². The number of aryl methyl sites for hydroxylation is 2. The van der Waals surface area contributed by atoms with E-state index < -0.39 is 23.7 Å². The zero-order valence-electron chi connectivity index (χ0n) is 12.7. The number of hydrogen-bond donors (Lipinski definition) is 2. The number of carbonyl (C=O) groups is 1. The monoisotopic (exact) mass is 304 g/mol. The minimum Gasteiger partial charge on any atom is -0.331 e. The van der Waals surface area contributed by atoms with E-state index in [1.807, 2.05) is 32.0 Å². The number of halogens is 2. The van der Waals surface area contributed by atoms with Gasteiger partial charge >= 0.3 is 6.03 Å². The van der Waals surface area contributed by atoms with Gasteiger partial charge in [0.05, 0.1) is 6.04 Å². The van der Waals surface area contributed by atoms with E-state index in [4.69, 9.17) is 0 Å². The third-order valence-corrected chi connectivity index (χ3v) is 3.41. The molecular formula is C17H18F2N2O. The van der Waals surface area contributed by atoms with E-state index in [0.717, 1.165) is 17.2 Å². The largest absolute Gasteiger partial charge is 0.331 e. The topological polar surface area (TPSA) is 41.1 Å². The van der Waals surface area contributed by atoms with Crippen molar-refractivity contribution in [1.82, 2.24) is 5.32 Å². The molecule has 2 rings (SSSR count). The summed E-state index contributed by atoms with van der Waals surface area (Å²) in [6.07, 6.45) is 0. The van der Waals surface area contributed by atoms with Crippen molar-refractivity contribution in [1.29, 1.82) is 0 Å². The highest BCUT2D eigenvalue weighted by Crippen LogP contribution is 2.19. The summed E-state index contributed by atoms with van der Waals surface area (Å²) >= 11 is 0. The Kier molecular flexibility index (Phi) is 4.75. The lowest BCUT2D eigenvalue weighted by molar-refractivity contribution is 0.249. The number of hydrogen-bond acceptors (Lipinski definition) is 1. The van der Waals surface area contributed by atoms with Crippen LogP contribution in [0.15, 0.2) is 36.4 Å². The molecule has 2 amide bonds. The quantitative estimate of drug-likeness (QED) is 0.863. The average molecular weight is 304 g/mol. The molecule has 0 aliphatic heterocycles. The molecule has 2 N–H and O–H groups in total. The molecular weight excluding hydrogens is 286 g/mol. The zero-order valence-corrected chi connectivity index (χ0v) is 12.7. The molecule has 0 unspecified atom stereocenters. The third-order valence-electron chi connectivity index (χ3n) is 3.41. The second-order valence-corrected chi connectivity index (χ2v) is 5.30. The molecule has 0 heterocycles. The van der Waals surface area contributed by atoms with Gasteiger partial charge in [-0.2, -0.15) is 0 Å². The molecule has 0 saturated heterocycles. The predicted octanol–water partition coefficient (Wildman–Crippen LogP) is 4.46. The highest BCUT2D eigenvalue weighted by atomic mass is 19.1. The number of nitrogens with one attached hydrogen (secondary N) is 2. The molecule has 0 aromatic heterocycles. The lowest BCUT2D eigenvalue weighted by Crippen LogP contribution is -2.31. The Morgan fingerprint density at radius 1 is 1.09 bits per heavy atom. The molecule has 5 heteroatoms. The lowest BCUT2D eigenvalue weighted by atomic mass is 10.1. The standard InChI is InChI=1S/C17H18F2N2O/c1-10-4-7-16(11(2)8-10)21-17(22)20-12(3)14-6-5-13(18)9-15(14)19/h4-9,12H,1-3H3,(H2,20,21,22)/t12-/m1/s1. The second kappa shape index (κ2) is 6.56. The molecule has 3 nitrogen and oxygen atoms in total. The minimum atomic E-state index is -0.681. The van der Waals surface area contributed by atoms with Crippen molar-refractivity contribution >= 4 is 11.7 Å². The van der Waals surface area contributed by atoms with Crippen LogP contribution in [0.4, 0.5) is 19.3 Å². The number of rotatable bonds is 3. The van der Waals surface area contributed by atoms with Gasteiger partial charge < -0.3 is 10.6 Å². The van der Waals surface area contributed by atoms with Crippen LogP contribution in [0.3, 0.4) is 0 Å². The summed E-state index contributed by atoms with van der Waals surface area (Å²) in [6, 6.07) is 7.94. The van der Waals surface area contributed by atoms with E-state index >= 15 is 0 Å². The van der Waals surface area contributed by atoms with Gasteiger partial charge in [-0.3, -0.25) is 0 Å². The van der Waals surface area contributed by atoms with Crippen LogP contribution < -0.4 is 10.6 Å². The number of amides is 2. The van der Waals surface area contributed by atoms with E-state index in [1.54, 1.807) is 6.92 Å². The first-order valence-electron chi connectivity index (χ1n) is 6.96. The maximum Gasteiger partial charge on any atom is 0.319 e. The normalized spacial score (nSPS) is 11.9. The van der Waals surface area contributed by atoms with Gasteiger partial charge in [0.25, 0.3) is 0 Å². The number of urea groups is 1. The summed E-state index contributed by atoms with van der Waals surface area (Å²) in [6.45, 7) is 5.50. The van der Waals surface area contributed by atoms with Gasteiger partial charge in [-0.05, 0) is 38.5 Å². The smallest absolute Gasteiger partial charge is 0.319 e. The van der Waals surface area contributed by atoms with Crippen LogP contribution in [-0.4, -0.2) is 6.03 Å². The van der Waals surface area contributed by atoms with E-state index in [2.05, 4.69) is 10.6 Å². The zero-order chi connectivity index (χ0) is 16.3. The SMILES string of the molecule is Cc1ccc(NC(=O)N[C@H](C)c2ccc(F)cc2F)c(C)c1. The Balaban J connectivity index is 2.05. The summed E-state index contributed by atoms with van der Waals surface area (Å²) in [5.74, 6) is -1.33. The third kappa shape index (κ3) is 3.81. The number of benzene rings is 2. The van der Waals surface area contributed by atoms with Gasteiger partial charge in [0.15, 0.2) is 0 Å². The second-order valence-electron chi connectivity index (χ2n) is 5.30. The molecule has 0 spiro atoms. The molecule has 0 saturated carbocycles. The van der Waals surface area contributed by atoms with Crippen LogP contribution in [0, 0.1) is 25.5 Å². The van der Waals surface area contributed by atoms with Gasteiger partial charge in [0.1, 0.15) is 11.6 Å². The first-order chi connectivity index (χ1) is 10.4. The number of anilines is 1. The Labute approximate surface area is 128 Å². The number of carbonyl (C=O) groups excluding carboxylic acids is 1. The van der Waals surface area contributed by atoms with Gasteiger partial charge in [0.2, 0.25) is 0 Å². The summed E-state index contributed by atoms with van der Waals surface area (Å²) in [5, 5.41) is 5.36. The summed E-state index contributed by atoms with van der Waals surface area (Å²) in [4.78, 5) is 12.0. The summed E-state index contributed by atoms with van der Waals surface area (Å²) in [5.41, 5.74) is 2.97. The van der Waals surface area contributed by atoms with Crippen LogP contribution in [-0.2, 0) is 0 Å². The fourth-order valence-corrected chi connectivity index (χ4v) is 2.24. The van der Waals surface area contributed by atoms with Crippen molar-refractivity contribution in [2.75, 3.05) is 5.32 Å². The van der Waals surface area contributed by atoms with Gasteiger partial charge in [0, 0.05) is 17.3 Å². The van der Waals surface area contributed by atoms with Crippen LogP contribution in [0.25, 0.3) is 0 Å². The van der Waals surface area contributed by atoms with E-state index in [9.17, 15) is 13.6 Å². The maximum absolute atomic E-state index is 13.7.